The molecule has 1 unspecified atom stereocenters. The average Bonchev–Trinajstić information content (AvgIpc) is 3.00. The van der Waals surface area contributed by atoms with Crippen LogP contribution in [0.2, 0.25) is 0 Å². The Kier molecular flexibility index (Phi) is 5.22. The molecular weight excluding hydrogens is 313 g/mol. The van der Waals surface area contributed by atoms with Crippen molar-refractivity contribution in [2.45, 2.75) is 18.5 Å². The van der Waals surface area contributed by atoms with E-state index in [2.05, 4.69) is 9.97 Å². The second kappa shape index (κ2) is 7.14. The number of rotatable bonds is 6. The quantitative estimate of drug-likeness (QED) is 0.562. The standard InChI is InChI=1S/C14H15F3N4O2/c15-14(16,17)10-3-1-2-9(6-10)11(12-7-19-8-20-12)4-5-23-21-13(18)22/h1-3,6-8,11H,4-5H2,(H,19,20)(H3,18,21,22). The number of urea groups is 1. The Morgan fingerprint density at radius 3 is 2.83 bits per heavy atom. The van der Waals surface area contributed by atoms with Gasteiger partial charge >= 0.3 is 12.2 Å². The van der Waals surface area contributed by atoms with Crippen molar-refractivity contribution in [3.8, 4) is 0 Å². The minimum Gasteiger partial charge on any atom is -0.351 e. The number of nitrogens with one attached hydrogen (secondary N) is 2. The van der Waals surface area contributed by atoms with Crippen LogP contribution in [-0.2, 0) is 11.0 Å². The molecule has 0 aliphatic carbocycles. The molecule has 1 atom stereocenters. The number of carbonyl (C=O) groups is 1. The van der Waals surface area contributed by atoms with Crippen molar-refractivity contribution in [2.75, 3.05) is 6.61 Å². The van der Waals surface area contributed by atoms with Gasteiger partial charge in [-0.25, -0.2) is 15.3 Å². The second-order valence-electron chi connectivity index (χ2n) is 4.77. The number of primary amides is 1. The predicted molar refractivity (Wildman–Crippen MR) is 75.2 cm³/mol. The fraction of sp³-hybridized carbons (Fsp3) is 0.286. The Morgan fingerprint density at radius 1 is 1.43 bits per heavy atom. The minimum absolute atomic E-state index is 0.0662. The highest BCUT2D eigenvalue weighted by Gasteiger charge is 2.31. The number of H-pyrrole nitrogens is 1. The summed E-state index contributed by atoms with van der Waals surface area (Å²) < 4.78 is 38.6. The summed E-state index contributed by atoms with van der Waals surface area (Å²) in [6.45, 7) is 0.0662. The third-order valence-electron chi connectivity index (χ3n) is 3.17. The number of aromatic nitrogens is 2. The zero-order valence-corrected chi connectivity index (χ0v) is 11.9. The number of hydroxylamine groups is 1. The molecule has 2 rings (SSSR count). The van der Waals surface area contributed by atoms with Crippen LogP contribution in [0.15, 0.2) is 36.8 Å². The number of imidazole rings is 1. The number of carbonyl (C=O) groups excluding carboxylic acids is 1. The van der Waals surface area contributed by atoms with Crippen molar-refractivity contribution in [2.24, 2.45) is 5.73 Å². The van der Waals surface area contributed by atoms with Gasteiger partial charge in [0.2, 0.25) is 0 Å². The summed E-state index contributed by atoms with van der Waals surface area (Å²) in [5.74, 6) is -0.418. The van der Waals surface area contributed by atoms with Crippen LogP contribution < -0.4 is 11.2 Å². The Balaban J connectivity index is 2.19. The lowest BCUT2D eigenvalue weighted by atomic mass is 9.92. The third-order valence-corrected chi connectivity index (χ3v) is 3.17. The maximum Gasteiger partial charge on any atom is 0.416 e. The summed E-state index contributed by atoms with van der Waals surface area (Å²) in [6.07, 6.45) is -1.06. The van der Waals surface area contributed by atoms with E-state index < -0.39 is 23.7 Å². The van der Waals surface area contributed by atoms with Crippen LogP contribution in [0.1, 0.15) is 29.2 Å². The number of hydrogen-bond acceptors (Lipinski definition) is 3. The minimum atomic E-state index is -4.42. The maximum atomic E-state index is 12.9. The molecular formula is C14H15F3N4O2. The van der Waals surface area contributed by atoms with Gasteiger partial charge < -0.3 is 10.7 Å². The van der Waals surface area contributed by atoms with Crippen molar-refractivity contribution < 1.29 is 22.8 Å². The molecule has 0 radical (unpaired) electrons. The van der Waals surface area contributed by atoms with Gasteiger partial charge in [-0.2, -0.15) is 13.2 Å². The summed E-state index contributed by atoms with van der Waals surface area (Å²) in [6, 6.07) is 4.19. The molecule has 0 fully saturated rings. The van der Waals surface area contributed by atoms with E-state index in [9.17, 15) is 18.0 Å². The lowest BCUT2D eigenvalue weighted by molar-refractivity contribution is -0.137. The first kappa shape index (κ1) is 16.8. The molecule has 2 amide bonds. The Bertz CT molecular complexity index is 644. The third kappa shape index (κ3) is 4.71. The number of nitrogens with two attached hydrogens (primary N) is 1. The second-order valence-corrected chi connectivity index (χ2v) is 4.77. The number of hydrogen-bond donors (Lipinski definition) is 3. The average molecular weight is 328 g/mol. The van der Waals surface area contributed by atoms with Crippen LogP contribution >= 0.6 is 0 Å². The normalized spacial score (nSPS) is 12.8. The first-order valence-electron chi connectivity index (χ1n) is 6.71. The molecule has 1 heterocycles. The summed E-state index contributed by atoms with van der Waals surface area (Å²) in [4.78, 5) is 22.3. The summed E-state index contributed by atoms with van der Waals surface area (Å²) in [5.41, 5.74) is 7.13. The van der Waals surface area contributed by atoms with E-state index in [0.29, 0.717) is 17.7 Å². The van der Waals surface area contributed by atoms with Gasteiger partial charge in [-0.05, 0) is 18.1 Å². The van der Waals surface area contributed by atoms with Crippen molar-refractivity contribution >= 4 is 6.03 Å². The van der Waals surface area contributed by atoms with Crippen molar-refractivity contribution in [3.63, 3.8) is 0 Å². The van der Waals surface area contributed by atoms with E-state index in [0.717, 1.165) is 12.1 Å². The SMILES string of the molecule is NC(=O)NOCCC(c1cccc(C(F)(F)F)c1)c1c[nH]cn1. The highest BCUT2D eigenvalue weighted by atomic mass is 19.4. The summed E-state index contributed by atoms with van der Waals surface area (Å²) in [5, 5.41) is 0. The van der Waals surface area contributed by atoms with E-state index in [-0.39, 0.29) is 6.61 Å². The van der Waals surface area contributed by atoms with Crippen LogP contribution in [0.5, 0.6) is 0 Å². The molecule has 0 saturated carbocycles. The monoisotopic (exact) mass is 328 g/mol. The lowest BCUT2D eigenvalue weighted by Crippen LogP contribution is -2.30. The van der Waals surface area contributed by atoms with E-state index in [1.165, 1.54) is 12.4 Å². The molecule has 1 aromatic carbocycles. The number of aromatic amines is 1. The van der Waals surface area contributed by atoms with Crippen LogP contribution in [0.3, 0.4) is 0 Å². The number of benzene rings is 1. The van der Waals surface area contributed by atoms with Gasteiger partial charge in [0, 0.05) is 12.1 Å². The fourth-order valence-corrected chi connectivity index (χ4v) is 2.18. The molecule has 1 aromatic heterocycles. The van der Waals surface area contributed by atoms with Gasteiger partial charge in [-0.3, -0.25) is 4.84 Å². The smallest absolute Gasteiger partial charge is 0.351 e. The van der Waals surface area contributed by atoms with Gasteiger partial charge in [-0.1, -0.05) is 18.2 Å². The molecule has 0 spiro atoms. The molecule has 23 heavy (non-hydrogen) atoms. The highest BCUT2D eigenvalue weighted by molar-refractivity contribution is 5.70. The van der Waals surface area contributed by atoms with E-state index in [4.69, 9.17) is 10.6 Å². The largest absolute Gasteiger partial charge is 0.416 e. The van der Waals surface area contributed by atoms with Gasteiger partial charge in [0.05, 0.1) is 24.2 Å². The Hall–Kier alpha value is -2.55. The lowest BCUT2D eigenvalue weighted by Gasteiger charge is -2.17. The number of amides is 2. The van der Waals surface area contributed by atoms with Gasteiger partial charge in [0.25, 0.3) is 0 Å². The van der Waals surface area contributed by atoms with Crippen molar-refractivity contribution in [3.05, 3.63) is 53.6 Å². The molecule has 6 nitrogen and oxygen atoms in total. The Morgan fingerprint density at radius 2 is 2.22 bits per heavy atom. The van der Waals surface area contributed by atoms with E-state index in [1.807, 2.05) is 5.48 Å². The number of halogens is 3. The summed E-state index contributed by atoms with van der Waals surface area (Å²) >= 11 is 0. The van der Waals surface area contributed by atoms with Crippen molar-refractivity contribution in [1.29, 1.82) is 0 Å². The molecule has 0 aliphatic heterocycles. The zero-order valence-electron chi connectivity index (χ0n) is 11.9. The predicted octanol–water partition coefficient (Wildman–Crippen LogP) is 2.55. The fourth-order valence-electron chi connectivity index (χ4n) is 2.18. The Labute approximate surface area is 129 Å². The van der Waals surface area contributed by atoms with E-state index in [1.54, 1.807) is 12.3 Å². The van der Waals surface area contributed by atoms with Crippen LogP contribution in [0.4, 0.5) is 18.0 Å². The molecule has 9 heteroatoms. The van der Waals surface area contributed by atoms with Gasteiger partial charge in [-0.15, -0.1) is 0 Å². The maximum absolute atomic E-state index is 12.9. The van der Waals surface area contributed by atoms with Crippen LogP contribution in [-0.4, -0.2) is 22.6 Å². The zero-order chi connectivity index (χ0) is 16.9. The van der Waals surface area contributed by atoms with Gasteiger partial charge in [0.15, 0.2) is 0 Å². The number of nitrogens with zero attached hydrogens (tertiary/aromatic N) is 1. The van der Waals surface area contributed by atoms with Crippen LogP contribution in [0.25, 0.3) is 0 Å². The highest BCUT2D eigenvalue weighted by Crippen LogP contribution is 2.33. The van der Waals surface area contributed by atoms with E-state index >= 15 is 0 Å². The van der Waals surface area contributed by atoms with Crippen molar-refractivity contribution in [1.82, 2.24) is 15.4 Å². The first-order valence-corrected chi connectivity index (χ1v) is 6.71. The topological polar surface area (TPSA) is 93.0 Å². The van der Waals surface area contributed by atoms with Crippen LogP contribution in [0, 0.1) is 0 Å². The molecule has 0 saturated heterocycles. The summed E-state index contributed by atoms with van der Waals surface area (Å²) in [7, 11) is 0. The van der Waals surface area contributed by atoms with Gasteiger partial charge in [0.1, 0.15) is 0 Å². The number of alkyl halides is 3. The molecule has 124 valence electrons. The molecule has 0 bridgehead atoms. The molecule has 2 aromatic rings. The molecule has 0 aliphatic rings. The first-order chi connectivity index (χ1) is 10.9. The molecule has 4 N–H and O–H groups in total.